The van der Waals surface area contributed by atoms with Crippen molar-refractivity contribution in [2.75, 3.05) is 50.1 Å². The number of anilines is 3. The maximum atomic E-state index is 14.0. The number of rotatable bonds is 6. The van der Waals surface area contributed by atoms with Gasteiger partial charge in [-0.15, -0.1) is 0 Å². The first-order valence-electron chi connectivity index (χ1n) is 14.0. The van der Waals surface area contributed by atoms with E-state index >= 15 is 0 Å². The first-order chi connectivity index (χ1) is 19.4. The Morgan fingerprint density at radius 3 is 2.62 bits per heavy atom. The Kier molecular flexibility index (Phi) is 7.49. The van der Waals surface area contributed by atoms with Gasteiger partial charge in [0.25, 0.3) is 5.56 Å². The van der Waals surface area contributed by atoms with Crippen molar-refractivity contribution in [1.29, 1.82) is 0 Å². The summed E-state index contributed by atoms with van der Waals surface area (Å²) < 4.78 is 7.66. The molecule has 0 spiro atoms. The number of aromatic nitrogens is 3. The number of fused-ring (bicyclic) bond motifs is 1. The minimum atomic E-state index is -0.120. The van der Waals surface area contributed by atoms with Crippen LogP contribution in [0.5, 0.6) is 0 Å². The monoisotopic (exact) mass is 558 g/mol. The minimum Gasteiger partial charge on any atom is -0.376 e. The van der Waals surface area contributed by atoms with Crippen LogP contribution in [0.1, 0.15) is 24.0 Å². The van der Waals surface area contributed by atoms with Crippen molar-refractivity contribution in [3.8, 4) is 11.1 Å². The molecule has 208 valence electrons. The number of benzene rings is 2. The average molecular weight is 559 g/mol. The van der Waals surface area contributed by atoms with Gasteiger partial charge >= 0.3 is 0 Å². The van der Waals surface area contributed by atoms with Crippen LogP contribution in [0.25, 0.3) is 22.2 Å². The smallest absolute Gasteiger partial charge is 0.260 e. The number of piperazine rings is 1. The lowest BCUT2D eigenvalue weighted by Gasteiger charge is -2.35. The number of hydrogen-bond donors (Lipinski definition) is 1. The normalized spacial score (nSPS) is 18.0. The molecule has 9 heteroatoms. The molecule has 6 rings (SSSR count). The van der Waals surface area contributed by atoms with E-state index in [0.29, 0.717) is 40.9 Å². The van der Waals surface area contributed by atoms with Gasteiger partial charge in [-0.25, -0.2) is 4.98 Å². The van der Waals surface area contributed by atoms with Gasteiger partial charge in [0, 0.05) is 66.3 Å². The van der Waals surface area contributed by atoms with Gasteiger partial charge in [0.2, 0.25) is 5.95 Å². The lowest BCUT2D eigenvalue weighted by molar-refractivity contribution is 0.0971. The molecule has 0 aliphatic carbocycles. The lowest BCUT2D eigenvalue weighted by atomic mass is 9.99. The van der Waals surface area contributed by atoms with E-state index in [1.807, 2.05) is 31.2 Å². The molecular weight excluding hydrogens is 524 g/mol. The van der Waals surface area contributed by atoms with Gasteiger partial charge < -0.3 is 19.9 Å². The molecule has 2 aliphatic rings. The van der Waals surface area contributed by atoms with Gasteiger partial charge in [-0.1, -0.05) is 29.8 Å². The molecule has 0 amide bonds. The Labute approximate surface area is 239 Å². The van der Waals surface area contributed by atoms with Gasteiger partial charge in [-0.05, 0) is 69.1 Å². The molecule has 0 saturated carbocycles. The highest BCUT2D eigenvalue weighted by atomic mass is 35.5. The van der Waals surface area contributed by atoms with E-state index in [1.165, 1.54) is 11.3 Å². The molecule has 2 aromatic carbocycles. The standard InChI is InChI=1S/C31H35ClN6O2/c1-20-17-22(10-11-27(20)37-14-12-36(3)13-15-37)34-31-33-18-25-21(2)28(24-8-4-5-9-26(24)32)30(39)38(29(25)35-31)19-23-7-6-16-40-23/h4-5,8-11,17-18,23H,6-7,12-16,19H2,1-3H3,(H,33,34,35)/t23-/m1/s1. The van der Waals surface area contributed by atoms with Crippen molar-refractivity contribution in [3.05, 3.63) is 75.2 Å². The van der Waals surface area contributed by atoms with Crippen molar-refractivity contribution in [1.82, 2.24) is 19.4 Å². The van der Waals surface area contributed by atoms with Gasteiger partial charge in [0.05, 0.1) is 18.2 Å². The topological polar surface area (TPSA) is 75.5 Å². The second-order valence-corrected chi connectivity index (χ2v) is 11.3. The fourth-order valence-corrected chi connectivity index (χ4v) is 6.07. The van der Waals surface area contributed by atoms with Crippen LogP contribution in [0.3, 0.4) is 0 Å². The molecule has 2 aliphatic heterocycles. The van der Waals surface area contributed by atoms with Gasteiger partial charge in [-0.3, -0.25) is 9.36 Å². The molecule has 40 heavy (non-hydrogen) atoms. The third kappa shape index (κ3) is 5.19. The van der Waals surface area contributed by atoms with Crippen molar-refractivity contribution in [2.45, 2.75) is 39.3 Å². The van der Waals surface area contributed by atoms with E-state index in [0.717, 1.165) is 55.7 Å². The molecule has 2 aromatic heterocycles. The Bertz CT molecular complexity index is 1610. The van der Waals surface area contributed by atoms with Crippen molar-refractivity contribution in [2.24, 2.45) is 0 Å². The number of likely N-dealkylation sites (N-methyl/N-ethyl adjacent to an activating group) is 1. The van der Waals surface area contributed by atoms with Crippen LogP contribution < -0.4 is 15.8 Å². The summed E-state index contributed by atoms with van der Waals surface area (Å²) in [7, 11) is 2.17. The quantitative estimate of drug-likeness (QED) is 0.339. The first kappa shape index (κ1) is 26.7. The van der Waals surface area contributed by atoms with Gasteiger partial charge in [0.15, 0.2) is 0 Å². The van der Waals surface area contributed by atoms with E-state index in [2.05, 4.69) is 52.3 Å². The highest BCUT2D eigenvalue weighted by Crippen LogP contribution is 2.32. The number of ether oxygens (including phenoxy) is 1. The number of halogens is 1. The first-order valence-corrected chi connectivity index (χ1v) is 14.3. The predicted octanol–water partition coefficient (Wildman–Crippen LogP) is 5.40. The predicted molar refractivity (Wildman–Crippen MR) is 162 cm³/mol. The second kappa shape index (κ2) is 11.2. The highest BCUT2D eigenvalue weighted by molar-refractivity contribution is 6.33. The SMILES string of the molecule is Cc1cc(Nc2ncc3c(C)c(-c4ccccc4Cl)c(=O)n(C[C@H]4CCCO4)c3n2)ccc1N1CCN(C)CC1. The van der Waals surface area contributed by atoms with Gasteiger partial charge in [-0.2, -0.15) is 4.98 Å². The summed E-state index contributed by atoms with van der Waals surface area (Å²) in [5.41, 5.74) is 5.95. The molecule has 0 bridgehead atoms. The molecule has 1 N–H and O–H groups in total. The molecule has 0 unspecified atom stereocenters. The summed E-state index contributed by atoms with van der Waals surface area (Å²) >= 11 is 6.55. The average Bonchev–Trinajstić information content (AvgIpc) is 3.46. The third-order valence-electron chi connectivity index (χ3n) is 8.11. The Morgan fingerprint density at radius 1 is 1.10 bits per heavy atom. The summed E-state index contributed by atoms with van der Waals surface area (Å²) in [6.45, 7) is 9.40. The Morgan fingerprint density at radius 2 is 1.90 bits per heavy atom. The maximum Gasteiger partial charge on any atom is 0.260 e. The number of pyridine rings is 1. The van der Waals surface area contributed by atoms with E-state index in [1.54, 1.807) is 10.8 Å². The summed E-state index contributed by atoms with van der Waals surface area (Å²) in [5.74, 6) is 0.449. The highest BCUT2D eigenvalue weighted by Gasteiger charge is 2.23. The lowest BCUT2D eigenvalue weighted by Crippen LogP contribution is -2.44. The number of aryl methyl sites for hydroxylation is 2. The Hall–Kier alpha value is -3.46. The largest absolute Gasteiger partial charge is 0.376 e. The van der Waals surface area contributed by atoms with Crippen LogP contribution in [0.2, 0.25) is 5.02 Å². The molecule has 2 fully saturated rings. The third-order valence-corrected chi connectivity index (χ3v) is 8.44. The summed E-state index contributed by atoms with van der Waals surface area (Å²) in [5, 5.41) is 4.73. The van der Waals surface area contributed by atoms with Crippen LogP contribution in [0.15, 0.2) is 53.5 Å². The van der Waals surface area contributed by atoms with Crippen molar-refractivity contribution in [3.63, 3.8) is 0 Å². The van der Waals surface area contributed by atoms with Crippen molar-refractivity contribution < 1.29 is 4.74 Å². The molecule has 0 radical (unpaired) electrons. The molecular formula is C31H35ClN6O2. The summed E-state index contributed by atoms with van der Waals surface area (Å²) in [4.78, 5) is 28.4. The fraction of sp³-hybridized carbons (Fsp3) is 0.387. The molecule has 8 nitrogen and oxygen atoms in total. The van der Waals surface area contributed by atoms with Crippen LogP contribution in [-0.2, 0) is 11.3 Å². The van der Waals surface area contributed by atoms with E-state index in [-0.39, 0.29) is 11.7 Å². The van der Waals surface area contributed by atoms with Crippen molar-refractivity contribution >= 4 is 40.0 Å². The van der Waals surface area contributed by atoms with E-state index in [9.17, 15) is 4.79 Å². The Balaban J connectivity index is 1.38. The molecule has 2 saturated heterocycles. The van der Waals surface area contributed by atoms with Crippen LogP contribution in [0, 0.1) is 13.8 Å². The number of nitrogens with one attached hydrogen (secondary N) is 1. The zero-order valence-corrected chi connectivity index (χ0v) is 24.0. The summed E-state index contributed by atoms with van der Waals surface area (Å²) in [6, 6.07) is 13.8. The van der Waals surface area contributed by atoms with E-state index < -0.39 is 0 Å². The van der Waals surface area contributed by atoms with E-state index in [4.69, 9.17) is 21.3 Å². The van der Waals surface area contributed by atoms with Gasteiger partial charge in [0.1, 0.15) is 5.65 Å². The fourth-order valence-electron chi connectivity index (χ4n) is 5.84. The maximum absolute atomic E-state index is 14.0. The molecule has 4 aromatic rings. The second-order valence-electron chi connectivity index (χ2n) is 10.9. The number of nitrogens with zero attached hydrogens (tertiary/aromatic N) is 5. The zero-order chi connectivity index (χ0) is 27.8. The van der Waals surface area contributed by atoms with Crippen LogP contribution in [0.4, 0.5) is 17.3 Å². The van der Waals surface area contributed by atoms with Crippen LogP contribution >= 0.6 is 11.6 Å². The number of hydrogen-bond acceptors (Lipinski definition) is 7. The summed E-state index contributed by atoms with van der Waals surface area (Å²) in [6.07, 6.45) is 3.68. The van der Waals surface area contributed by atoms with Crippen LogP contribution in [-0.4, -0.2) is 65.4 Å². The minimum absolute atomic E-state index is 0.0288. The zero-order valence-electron chi connectivity index (χ0n) is 23.3. The molecule has 1 atom stereocenters. The molecule has 4 heterocycles.